The molecule has 8 heteroatoms. The van der Waals surface area contributed by atoms with Gasteiger partial charge in [-0.05, 0) is 36.9 Å². The molecule has 3 aromatic carbocycles. The van der Waals surface area contributed by atoms with Gasteiger partial charge in [-0.1, -0.05) is 78.9 Å². The minimum Gasteiger partial charge on any atom is -0.462 e. The summed E-state index contributed by atoms with van der Waals surface area (Å²) < 4.78 is 20.8. The van der Waals surface area contributed by atoms with E-state index in [0.717, 1.165) is 44.7 Å². The van der Waals surface area contributed by atoms with Crippen LogP contribution in [0, 0.1) is 0 Å². The Balaban J connectivity index is 1.96. The third kappa shape index (κ3) is 6.24. The number of thiophene rings is 1. The van der Waals surface area contributed by atoms with Gasteiger partial charge < -0.3 is 14.4 Å². The van der Waals surface area contributed by atoms with E-state index in [2.05, 4.69) is 53.2 Å². The number of rotatable bonds is 9. The number of carbonyl (C=O) groups excluding carboxylic acids is 1. The average molecular weight is 586 g/mol. The Morgan fingerprint density at radius 3 is 2.20 bits per heavy atom. The smallest absolute Gasteiger partial charge is 0.340 e. The highest BCUT2D eigenvalue weighted by Crippen LogP contribution is 2.58. The fourth-order valence-corrected chi connectivity index (χ4v) is 11.0. The first-order chi connectivity index (χ1) is 20.0. The molecule has 0 saturated carbocycles. The van der Waals surface area contributed by atoms with Crippen molar-refractivity contribution in [1.29, 1.82) is 0 Å². The molecule has 2 heterocycles. The van der Waals surface area contributed by atoms with Crippen molar-refractivity contribution in [1.82, 2.24) is 9.57 Å². The standard InChI is InChI=1S/C33H36N3O3PS/c1-4-39-32(37)31-29(20-21-35(2)3)41-33(30(31)26-14-8-5-9-15-26)40(28-18-12-7-13-19-28,36-22-24-38-25-23-36)34-27-16-10-6-11-17-27/h5-21H,4,22-25H2,1-3H3/b21-20+. The van der Waals surface area contributed by atoms with Crippen LogP contribution in [0.1, 0.15) is 22.2 Å². The van der Waals surface area contributed by atoms with Gasteiger partial charge in [0.05, 0.1) is 35.7 Å². The molecule has 4 aromatic rings. The Hall–Kier alpha value is -3.48. The van der Waals surface area contributed by atoms with Crippen molar-refractivity contribution in [2.24, 2.45) is 4.74 Å². The lowest BCUT2D eigenvalue weighted by molar-refractivity contribution is 0.0527. The van der Waals surface area contributed by atoms with Crippen LogP contribution in [-0.4, -0.2) is 62.5 Å². The number of nitrogens with zero attached hydrogens (tertiary/aromatic N) is 3. The number of hydrogen-bond donors (Lipinski definition) is 0. The van der Waals surface area contributed by atoms with Crippen LogP contribution in [-0.2, 0) is 9.47 Å². The molecule has 1 aliphatic rings. The molecule has 1 aliphatic heterocycles. The molecule has 5 rings (SSSR count). The van der Waals surface area contributed by atoms with E-state index >= 15 is 0 Å². The monoisotopic (exact) mass is 585 g/mol. The molecule has 212 valence electrons. The highest BCUT2D eigenvalue weighted by Gasteiger charge is 2.40. The summed E-state index contributed by atoms with van der Waals surface area (Å²) in [5.74, 6) is -0.319. The molecular weight excluding hydrogens is 549 g/mol. The Morgan fingerprint density at radius 2 is 1.59 bits per heavy atom. The average Bonchev–Trinajstić information content (AvgIpc) is 3.41. The molecule has 1 aromatic heterocycles. The number of ether oxygens (including phenoxy) is 2. The molecule has 0 amide bonds. The van der Waals surface area contributed by atoms with Crippen LogP contribution < -0.4 is 9.92 Å². The first-order valence-electron chi connectivity index (χ1n) is 13.8. The second-order valence-corrected chi connectivity index (χ2v) is 14.1. The molecular formula is C33H36N3O3PS. The van der Waals surface area contributed by atoms with Gasteiger partial charge in [0.15, 0.2) is 0 Å². The van der Waals surface area contributed by atoms with Crippen LogP contribution in [0.3, 0.4) is 0 Å². The maximum absolute atomic E-state index is 13.8. The van der Waals surface area contributed by atoms with Gasteiger partial charge in [-0.15, -0.1) is 11.3 Å². The van der Waals surface area contributed by atoms with Gasteiger partial charge in [0.25, 0.3) is 0 Å². The Labute approximate surface area is 247 Å². The number of carbonyl (C=O) groups is 1. The Morgan fingerprint density at radius 1 is 0.976 bits per heavy atom. The number of hydrogen-bond acceptors (Lipinski definition) is 6. The lowest BCUT2D eigenvalue weighted by Crippen LogP contribution is -2.40. The van der Waals surface area contributed by atoms with Crippen LogP contribution in [0.25, 0.3) is 17.2 Å². The highest BCUT2D eigenvalue weighted by atomic mass is 32.1. The summed E-state index contributed by atoms with van der Waals surface area (Å²) >= 11 is 1.65. The number of morpholine rings is 1. The van der Waals surface area contributed by atoms with Gasteiger partial charge >= 0.3 is 5.97 Å². The summed E-state index contributed by atoms with van der Waals surface area (Å²) in [7, 11) is 1.29. The Kier molecular flexibility index (Phi) is 9.53. The number of benzene rings is 3. The minimum atomic E-state index is -2.67. The first-order valence-corrected chi connectivity index (χ1v) is 16.4. The SMILES string of the molecule is CCOC(=O)c1c(/C=C/N(C)C)sc(P(=Nc2ccccc2)(c2ccccc2)N2CCOCC2)c1-c1ccccc1. The summed E-state index contributed by atoms with van der Waals surface area (Å²) in [6, 6.07) is 31.0. The van der Waals surface area contributed by atoms with E-state index in [1.807, 2.05) is 80.7 Å². The fourth-order valence-electron chi connectivity index (χ4n) is 4.98. The largest absolute Gasteiger partial charge is 0.462 e. The van der Waals surface area contributed by atoms with E-state index in [-0.39, 0.29) is 5.97 Å². The third-order valence-electron chi connectivity index (χ3n) is 6.80. The van der Waals surface area contributed by atoms with Gasteiger partial charge in [-0.2, -0.15) is 0 Å². The maximum atomic E-state index is 13.8. The topological polar surface area (TPSA) is 54.4 Å². The summed E-state index contributed by atoms with van der Waals surface area (Å²) in [5, 5.41) is 1.14. The molecule has 0 N–H and O–H groups in total. The maximum Gasteiger partial charge on any atom is 0.340 e. The molecule has 1 fully saturated rings. The zero-order valence-corrected chi connectivity index (χ0v) is 25.5. The third-order valence-corrected chi connectivity index (χ3v) is 12.3. The van der Waals surface area contributed by atoms with Gasteiger partial charge in [0.2, 0.25) is 0 Å². The molecule has 6 nitrogen and oxygen atoms in total. The molecule has 41 heavy (non-hydrogen) atoms. The van der Waals surface area contributed by atoms with Crippen LogP contribution in [0.2, 0.25) is 0 Å². The molecule has 0 aliphatic carbocycles. The van der Waals surface area contributed by atoms with Crippen molar-refractivity contribution in [3.05, 3.63) is 108 Å². The van der Waals surface area contributed by atoms with Gasteiger partial charge in [0, 0.05) is 42.9 Å². The van der Waals surface area contributed by atoms with Crippen molar-refractivity contribution in [2.75, 3.05) is 47.0 Å². The quantitative estimate of drug-likeness (QED) is 0.159. The normalized spacial score (nSPS) is 15.4. The van der Waals surface area contributed by atoms with E-state index in [0.29, 0.717) is 25.4 Å². The summed E-state index contributed by atoms with van der Waals surface area (Å²) in [6.07, 6.45) is 4.01. The lowest BCUT2D eigenvalue weighted by Gasteiger charge is -2.39. The Bertz CT molecular complexity index is 1530. The predicted octanol–water partition coefficient (Wildman–Crippen LogP) is 6.86. The van der Waals surface area contributed by atoms with E-state index in [1.54, 1.807) is 11.3 Å². The molecule has 0 spiro atoms. The summed E-state index contributed by atoms with van der Waals surface area (Å²) in [4.78, 5) is 16.6. The van der Waals surface area contributed by atoms with E-state index < -0.39 is 7.21 Å². The van der Waals surface area contributed by atoms with Crippen molar-refractivity contribution in [3.8, 4) is 11.1 Å². The zero-order chi connectivity index (χ0) is 28.7. The van der Waals surface area contributed by atoms with Crippen LogP contribution in [0.5, 0.6) is 0 Å². The minimum absolute atomic E-state index is 0.298. The van der Waals surface area contributed by atoms with Crippen molar-refractivity contribution < 1.29 is 14.3 Å². The molecule has 1 atom stereocenters. The fraction of sp³-hybridized carbons (Fsp3) is 0.242. The second kappa shape index (κ2) is 13.5. The van der Waals surface area contributed by atoms with E-state index in [1.165, 1.54) is 0 Å². The summed E-state index contributed by atoms with van der Waals surface area (Å²) in [6.45, 7) is 4.88. The highest BCUT2D eigenvalue weighted by molar-refractivity contribution is 7.83. The van der Waals surface area contributed by atoms with Crippen LogP contribution >= 0.6 is 18.5 Å². The van der Waals surface area contributed by atoms with E-state index in [4.69, 9.17) is 14.2 Å². The van der Waals surface area contributed by atoms with Crippen LogP contribution in [0.15, 0.2) is 102 Å². The summed E-state index contributed by atoms with van der Waals surface area (Å²) in [5.41, 5.74) is 3.37. The molecule has 0 radical (unpaired) electrons. The molecule has 0 bridgehead atoms. The van der Waals surface area contributed by atoms with Crippen molar-refractivity contribution >= 4 is 46.2 Å². The molecule has 1 saturated heterocycles. The lowest BCUT2D eigenvalue weighted by atomic mass is 10.0. The molecule has 1 unspecified atom stereocenters. The second-order valence-electron chi connectivity index (χ2n) is 9.83. The first kappa shape index (κ1) is 29.0. The van der Waals surface area contributed by atoms with Crippen molar-refractivity contribution in [2.45, 2.75) is 6.92 Å². The van der Waals surface area contributed by atoms with Gasteiger partial charge in [-0.3, -0.25) is 4.67 Å². The van der Waals surface area contributed by atoms with E-state index in [9.17, 15) is 4.79 Å². The van der Waals surface area contributed by atoms with Gasteiger partial charge in [0.1, 0.15) is 7.21 Å². The van der Waals surface area contributed by atoms with Gasteiger partial charge in [-0.25, -0.2) is 9.54 Å². The number of esters is 1. The zero-order valence-electron chi connectivity index (χ0n) is 23.8. The van der Waals surface area contributed by atoms with Crippen LogP contribution in [0.4, 0.5) is 5.69 Å². The predicted molar refractivity (Wildman–Crippen MR) is 172 cm³/mol. The van der Waals surface area contributed by atoms with Crippen molar-refractivity contribution in [3.63, 3.8) is 0 Å².